The Hall–Kier alpha value is -1.73. The first-order valence-corrected chi connectivity index (χ1v) is 8.40. The Morgan fingerprint density at radius 1 is 1.64 bits per heavy atom. The largest absolute Gasteiger partial charge is 0.378 e. The molecule has 1 aliphatic heterocycles. The molecule has 1 saturated heterocycles. The van der Waals surface area contributed by atoms with Crippen LogP contribution in [0.5, 0.6) is 0 Å². The fourth-order valence-corrected chi connectivity index (χ4v) is 3.34. The van der Waals surface area contributed by atoms with E-state index in [1.54, 1.807) is 11.6 Å². The van der Waals surface area contributed by atoms with Gasteiger partial charge in [-0.2, -0.15) is 0 Å². The molecule has 1 N–H and O–H groups in total. The third kappa shape index (κ3) is 3.20. The van der Waals surface area contributed by atoms with E-state index < -0.39 is 0 Å². The second-order valence-corrected chi connectivity index (χ2v) is 6.49. The second kappa shape index (κ2) is 6.58. The monoisotopic (exact) mass is 321 g/mol. The maximum atomic E-state index is 12.2. The molecule has 0 spiro atoms. The van der Waals surface area contributed by atoms with E-state index in [1.165, 1.54) is 21.9 Å². The summed E-state index contributed by atoms with van der Waals surface area (Å²) in [5.74, 6) is -0.363. The van der Waals surface area contributed by atoms with Crippen molar-refractivity contribution in [3.05, 3.63) is 33.7 Å². The first-order valence-electron chi connectivity index (χ1n) is 7.52. The number of rotatable bonds is 5. The van der Waals surface area contributed by atoms with Crippen LogP contribution in [-0.4, -0.2) is 34.0 Å². The summed E-state index contributed by atoms with van der Waals surface area (Å²) in [5.41, 5.74) is -0.241. The highest BCUT2D eigenvalue weighted by Crippen LogP contribution is 2.17. The number of ether oxygens (including phenoxy) is 1. The molecule has 0 aliphatic carbocycles. The Bertz CT molecular complexity index is 718. The van der Waals surface area contributed by atoms with E-state index in [0.717, 1.165) is 32.3 Å². The van der Waals surface area contributed by atoms with E-state index in [-0.39, 0.29) is 23.1 Å². The van der Waals surface area contributed by atoms with Crippen LogP contribution in [0.4, 0.5) is 0 Å². The average molecular weight is 321 g/mol. The molecule has 3 rings (SSSR count). The van der Waals surface area contributed by atoms with Crippen molar-refractivity contribution in [1.29, 1.82) is 0 Å². The Balaban J connectivity index is 1.62. The van der Waals surface area contributed by atoms with E-state index in [0.29, 0.717) is 11.1 Å². The highest BCUT2D eigenvalue weighted by atomic mass is 32.1. The molecule has 118 valence electrons. The molecule has 3 heterocycles. The molecule has 2 aromatic rings. The minimum absolute atomic E-state index is 0.000674. The summed E-state index contributed by atoms with van der Waals surface area (Å²) in [6.07, 6.45) is 7.29. The van der Waals surface area contributed by atoms with Gasteiger partial charge in [0.2, 0.25) is 0 Å². The molecule has 0 radical (unpaired) electrons. The van der Waals surface area contributed by atoms with Gasteiger partial charge >= 0.3 is 0 Å². The van der Waals surface area contributed by atoms with Gasteiger partial charge in [-0.3, -0.25) is 14.0 Å². The summed E-state index contributed by atoms with van der Waals surface area (Å²) in [6.45, 7) is 2.79. The molecular weight excluding hydrogens is 302 g/mol. The zero-order valence-electron chi connectivity index (χ0n) is 12.4. The average Bonchev–Trinajstić information content (AvgIpc) is 3.17. The maximum Gasteiger partial charge on any atom is 0.271 e. The highest BCUT2D eigenvalue weighted by Gasteiger charge is 2.19. The fourth-order valence-electron chi connectivity index (χ4n) is 2.66. The van der Waals surface area contributed by atoms with Crippen LogP contribution in [0.2, 0.25) is 0 Å². The summed E-state index contributed by atoms with van der Waals surface area (Å²) in [7, 11) is 0. The van der Waals surface area contributed by atoms with Crippen LogP contribution in [0.15, 0.2) is 22.6 Å². The molecule has 2 atom stereocenters. The molecule has 2 aromatic heterocycles. The third-order valence-corrected chi connectivity index (χ3v) is 4.68. The van der Waals surface area contributed by atoms with Crippen molar-refractivity contribution in [2.45, 2.75) is 44.8 Å². The lowest BCUT2D eigenvalue weighted by Gasteiger charge is -2.16. The SMILES string of the molecule is C[C@H](CC[C@H]1CCCO1)NC(=O)c1cnc2sccn2c1=O. The number of amides is 1. The zero-order valence-corrected chi connectivity index (χ0v) is 13.3. The standard InChI is InChI=1S/C15H19N3O3S/c1-10(4-5-11-3-2-7-21-11)17-13(19)12-9-16-15-18(14(12)20)6-8-22-15/h6,8-11H,2-5,7H2,1H3,(H,17,19)/t10-,11-/m1/s1. The smallest absolute Gasteiger partial charge is 0.271 e. The first-order chi connectivity index (χ1) is 10.6. The molecule has 7 heteroatoms. The van der Waals surface area contributed by atoms with E-state index in [2.05, 4.69) is 10.3 Å². The van der Waals surface area contributed by atoms with Crippen LogP contribution in [-0.2, 0) is 4.74 Å². The van der Waals surface area contributed by atoms with Crippen molar-refractivity contribution >= 4 is 22.2 Å². The number of fused-ring (bicyclic) bond motifs is 1. The summed E-state index contributed by atoms with van der Waals surface area (Å²) >= 11 is 1.36. The van der Waals surface area contributed by atoms with Gasteiger partial charge in [-0.1, -0.05) is 0 Å². The van der Waals surface area contributed by atoms with Gasteiger partial charge < -0.3 is 10.1 Å². The lowest BCUT2D eigenvalue weighted by Crippen LogP contribution is -2.37. The van der Waals surface area contributed by atoms with Crippen LogP contribution in [0.25, 0.3) is 4.96 Å². The second-order valence-electron chi connectivity index (χ2n) is 5.62. The van der Waals surface area contributed by atoms with E-state index in [1.807, 2.05) is 6.92 Å². The van der Waals surface area contributed by atoms with Gasteiger partial charge in [0.15, 0.2) is 4.96 Å². The van der Waals surface area contributed by atoms with Crippen LogP contribution < -0.4 is 10.9 Å². The third-order valence-electron chi connectivity index (χ3n) is 3.91. The fraction of sp³-hybridized carbons (Fsp3) is 0.533. The number of nitrogens with zero attached hydrogens (tertiary/aromatic N) is 2. The first kappa shape index (κ1) is 15.2. The molecule has 0 aromatic carbocycles. The lowest BCUT2D eigenvalue weighted by atomic mass is 10.1. The summed E-state index contributed by atoms with van der Waals surface area (Å²) in [5, 5.41) is 4.65. The molecule has 0 unspecified atom stereocenters. The zero-order chi connectivity index (χ0) is 15.5. The number of aromatic nitrogens is 2. The molecule has 22 heavy (non-hydrogen) atoms. The number of thiazole rings is 1. The van der Waals surface area contributed by atoms with E-state index in [9.17, 15) is 9.59 Å². The highest BCUT2D eigenvalue weighted by molar-refractivity contribution is 7.15. The van der Waals surface area contributed by atoms with Crippen LogP contribution >= 0.6 is 11.3 Å². The van der Waals surface area contributed by atoms with Gasteiger partial charge in [0.1, 0.15) is 5.56 Å². The Labute approximate surface area is 132 Å². The number of carbonyl (C=O) groups excluding carboxylic acids is 1. The predicted octanol–water partition coefficient (Wildman–Crippen LogP) is 1.83. The number of hydrogen-bond donors (Lipinski definition) is 1. The summed E-state index contributed by atoms with van der Waals surface area (Å²) in [4.78, 5) is 29.2. The van der Waals surface area contributed by atoms with Crippen molar-refractivity contribution in [2.24, 2.45) is 0 Å². The summed E-state index contributed by atoms with van der Waals surface area (Å²) < 4.78 is 6.98. The Morgan fingerprint density at radius 3 is 3.27 bits per heavy atom. The maximum absolute atomic E-state index is 12.2. The molecule has 1 fully saturated rings. The van der Waals surface area contributed by atoms with Gasteiger partial charge in [0.25, 0.3) is 11.5 Å². The van der Waals surface area contributed by atoms with Gasteiger partial charge in [-0.05, 0) is 32.6 Å². The Morgan fingerprint density at radius 2 is 2.50 bits per heavy atom. The summed E-state index contributed by atoms with van der Waals surface area (Å²) in [6, 6.07) is -0.000674. The van der Waals surface area contributed by atoms with Crippen molar-refractivity contribution in [2.75, 3.05) is 6.61 Å². The molecule has 1 amide bonds. The van der Waals surface area contributed by atoms with Gasteiger partial charge in [-0.15, -0.1) is 11.3 Å². The predicted molar refractivity (Wildman–Crippen MR) is 84.5 cm³/mol. The molecular formula is C15H19N3O3S. The Kier molecular flexibility index (Phi) is 4.54. The van der Waals surface area contributed by atoms with Crippen LogP contribution in [0.3, 0.4) is 0 Å². The van der Waals surface area contributed by atoms with Crippen molar-refractivity contribution in [1.82, 2.24) is 14.7 Å². The quantitative estimate of drug-likeness (QED) is 0.912. The van der Waals surface area contributed by atoms with Crippen molar-refractivity contribution in [3.8, 4) is 0 Å². The van der Waals surface area contributed by atoms with Crippen molar-refractivity contribution in [3.63, 3.8) is 0 Å². The van der Waals surface area contributed by atoms with E-state index >= 15 is 0 Å². The topological polar surface area (TPSA) is 72.7 Å². The number of carbonyl (C=O) groups is 1. The molecule has 0 bridgehead atoms. The van der Waals surface area contributed by atoms with Gasteiger partial charge in [-0.25, -0.2) is 4.98 Å². The normalized spacial score (nSPS) is 19.4. The molecule has 1 aliphatic rings. The molecule has 6 nitrogen and oxygen atoms in total. The van der Waals surface area contributed by atoms with Gasteiger partial charge in [0, 0.05) is 30.4 Å². The number of hydrogen-bond acceptors (Lipinski definition) is 5. The van der Waals surface area contributed by atoms with Crippen LogP contribution in [0.1, 0.15) is 43.0 Å². The molecule has 0 saturated carbocycles. The minimum Gasteiger partial charge on any atom is -0.378 e. The van der Waals surface area contributed by atoms with E-state index in [4.69, 9.17) is 4.74 Å². The lowest BCUT2D eigenvalue weighted by molar-refractivity contribution is 0.0898. The van der Waals surface area contributed by atoms with Gasteiger partial charge in [0.05, 0.1) is 6.10 Å². The van der Waals surface area contributed by atoms with Crippen molar-refractivity contribution < 1.29 is 9.53 Å². The van der Waals surface area contributed by atoms with Crippen LogP contribution in [0, 0.1) is 0 Å². The number of nitrogens with one attached hydrogen (secondary N) is 1. The minimum atomic E-state index is -0.363.